The number of rotatable bonds is 6. The van der Waals surface area contributed by atoms with Gasteiger partial charge in [-0.2, -0.15) is 28.2 Å². The molecule has 0 bridgehead atoms. The van der Waals surface area contributed by atoms with Crippen LogP contribution in [0.3, 0.4) is 0 Å². The Balaban J connectivity index is 1.80. The molecule has 1 aromatic carbocycles. The first-order chi connectivity index (χ1) is 12.3. The van der Waals surface area contributed by atoms with Crippen molar-refractivity contribution in [3.8, 4) is 0 Å². The number of fused-ring (bicyclic) bond motifs is 1. The number of benzene rings is 1. The molecule has 0 spiro atoms. The summed E-state index contributed by atoms with van der Waals surface area (Å²) in [5.41, 5.74) is 7.46. The van der Waals surface area contributed by atoms with Crippen LogP contribution in [-0.2, 0) is 7.05 Å². The molecule has 0 saturated heterocycles. The van der Waals surface area contributed by atoms with Gasteiger partial charge < -0.3 is 16.4 Å². The second-order valence-electron chi connectivity index (χ2n) is 5.77. The molecule has 7 nitrogen and oxygen atoms in total. The van der Waals surface area contributed by atoms with Crippen LogP contribution in [0.25, 0.3) is 11.0 Å². The second-order valence-corrected chi connectivity index (χ2v) is 5.77. The average molecular weight is 365 g/mol. The van der Waals surface area contributed by atoms with Gasteiger partial charge in [-0.25, -0.2) is 0 Å². The number of anilines is 2. The van der Waals surface area contributed by atoms with Gasteiger partial charge in [-0.15, -0.1) is 0 Å². The van der Waals surface area contributed by atoms with E-state index < -0.39 is 12.7 Å². The van der Waals surface area contributed by atoms with E-state index in [1.165, 1.54) is 10.9 Å². The van der Waals surface area contributed by atoms with E-state index in [0.29, 0.717) is 17.6 Å². The lowest BCUT2D eigenvalue weighted by Crippen LogP contribution is -2.23. The number of aryl methyl sites for hydroxylation is 1. The summed E-state index contributed by atoms with van der Waals surface area (Å²) in [5.74, 6) is 0.244. The smallest absolute Gasteiger partial charge is 0.360 e. The van der Waals surface area contributed by atoms with Crippen molar-refractivity contribution in [2.45, 2.75) is 12.2 Å². The molecule has 3 rings (SSSR count). The van der Waals surface area contributed by atoms with Gasteiger partial charge in [-0.1, -0.05) is 30.3 Å². The predicted molar refractivity (Wildman–Crippen MR) is 92.7 cm³/mol. The van der Waals surface area contributed by atoms with Crippen LogP contribution in [0, 0.1) is 0 Å². The Labute approximate surface area is 147 Å². The zero-order chi connectivity index (χ0) is 18.7. The standard InChI is InChI=1S/C16H18F3N7/c1-26-14-11(7-23-26)13(22-9-16(17,18)19)24-15(25-14)21-8-12(20)10-5-3-2-4-6-10/h2-7,12H,8-9,20H2,1H3,(H2,21,22,24,25)/t12-/m0/s1. The number of aromatic nitrogens is 4. The van der Waals surface area contributed by atoms with Crippen molar-refractivity contribution >= 4 is 22.8 Å². The van der Waals surface area contributed by atoms with Crippen LogP contribution in [0.15, 0.2) is 36.5 Å². The molecular weight excluding hydrogens is 347 g/mol. The van der Waals surface area contributed by atoms with Gasteiger partial charge in [0, 0.05) is 19.6 Å². The Morgan fingerprint density at radius 1 is 1.15 bits per heavy atom. The minimum Gasteiger partial charge on any atom is -0.360 e. The molecule has 3 aromatic rings. The van der Waals surface area contributed by atoms with E-state index in [1.807, 2.05) is 30.3 Å². The molecule has 0 radical (unpaired) electrons. The molecule has 0 aliphatic heterocycles. The van der Waals surface area contributed by atoms with E-state index in [1.54, 1.807) is 7.05 Å². The predicted octanol–water partition coefficient (Wildman–Crippen LogP) is 2.45. The van der Waals surface area contributed by atoms with E-state index in [2.05, 4.69) is 25.7 Å². The number of hydrogen-bond acceptors (Lipinski definition) is 6. The summed E-state index contributed by atoms with van der Waals surface area (Å²) in [6.07, 6.45) is -2.93. The quantitative estimate of drug-likeness (QED) is 0.621. The van der Waals surface area contributed by atoms with Crippen molar-refractivity contribution in [3.63, 3.8) is 0 Å². The number of nitrogens with zero attached hydrogens (tertiary/aromatic N) is 4. The van der Waals surface area contributed by atoms with Gasteiger partial charge in [0.15, 0.2) is 5.65 Å². The van der Waals surface area contributed by atoms with Gasteiger partial charge >= 0.3 is 6.18 Å². The number of halogens is 3. The molecule has 1 atom stereocenters. The van der Waals surface area contributed by atoms with Crippen LogP contribution in [-0.4, -0.2) is 39.0 Å². The molecule has 0 aliphatic carbocycles. The van der Waals surface area contributed by atoms with Crippen LogP contribution in [0.5, 0.6) is 0 Å². The summed E-state index contributed by atoms with van der Waals surface area (Å²) in [5, 5.41) is 9.72. The third kappa shape index (κ3) is 4.20. The van der Waals surface area contributed by atoms with E-state index in [4.69, 9.17) is 5.73 Å². The Kier molecular flexibility index (Phi) is 4.94. The minimum absolute atomic E-state index is 0.0659. The molecule has 2 aromatic heterocycles. The lowest BCUT2D eigenvalue weighted by atomic mass is 10.1. The molecular formula is C16H18F3N7. The number of nitrogens with one attached hydrogen (secondary N) is 2. The highest BCUT2D eigenvalue weighted by Crippen LogP contribution is 2.23. The topological polar surface area (TPSA) is 93.7 Å². The molecule has 0 aliphatic rings. The van der Waals surface area contributed by atoms with Gasteiger partial charge in [-0.05, 0) is 5.56 Å². The molecule has 0 amide bonds. The highest BCUT2D eigenvalue weighted by molar-refractivity contribution is 5.87. The van der Waals surface area contributed by atoms with Gasteiger partial charge in [0.05, 0.1) is 11.6 Å². The monoisotopic (exact) mass is 365 g/mol. The van der Waals surface area contributed by atoms with Crippen molar-refractivity contribution in [2.24, 2.45) is 12.8 Å². The van der Waals surface area contributed by atoms with E-state index in [-0.39, 0.29) is 17.8 Å². The van der Waals surface area contributed by atoms with Crippen LogP contribution < -0.4 is 16.4 Å². The Morgan fingerprint density at radius 3 is 2.58 bits per heavy atom. The minimum atomic E-state index is -4.36. The lowest BCUT2D eigenvalue weighted by molar-refractivity contribution is -0.115. The van der Waals surface area contributed by atoms with E-state index in [9.17, 15) is 13.2 Å². The maximum absolute atomic E-state index is 12.5. The molecule has 2 heterocycles. The van der Waals surface area contributed by atoms with Crippen molar-refractivity contribution in [3.05, 3.63) is 42.1 Å². The summed E-state index contributed by atoms with van der Waals surface area (Å²) in [6.45, 7) is -0.872. The fourth-order valence-electron chi connectivity index (χ4n) is 2.44. The van der Waals surface area contributed by atoms with Crippen molar-refractivity contribution in [1.82, 2.24) is 19.7 Å². The third-order valence-electron chi connectivity index (χ3n) is 3.76. The van der Waals surface area contributed by atoms with Crippen LogP contribution in [0.4, 0.5) is 24.9 Å². The van der Waals surface area contributed by atoms with Crippen LogP contribution in [0.1, 0.15) is 11.6 Å². The Morgan fingerprint density at radius 2 is 1.88 bits per heavy atom. The van der Waals surface area contributed by atoms with Crippen LogP contribution >= 0.6 is 0 Å². The SMILES string of the molecule is Cn1ncc2c(NCC(F)(F)F)nc(NC[C@H](N)c3ccccc3)nc21. The van der Waals surface area contributed by atoms with Crippen molar-refractivity contribution in [1.29, 1.82) is 0 Å². The fraction of sp³-hybridized carbons (Fsp3) is 0.312. The van der Waals surface area contributed by atoms with Gasteiger partial charge in [0.25, 0.3) is 0 Å². The second kappa shape index (κ2) is 7.16. The normalized spacial score (nSPS) is 13.0. The molecule has 4 N–H and O–H groups in total. The highest BCUT2D eigenvalue weighted by atomic mass is 19.4. The molecule has 0 unspecified atom stereocenters. The van der Waals surface area contributed by atoms with Crippen LogP contribution in [0.2, 0.25) is 0 Å². The average Bonchev–Trinajstić information content (AvgIpc) is 2.99. The summed E-state index contributed by atoms with van der Waals surface area (Å²) in [4.78, 5) is 8.45. The number of alkyl halides is 3. The number of nitrogens with two attached hydrogens (primary N) is 1. The maximum atomic E-state index is 12.5. The van der Waals surface area contributed by atoms with Crippen molar-refractivity contribution in [2.75, 3.05) is 23.7 Å². The first-order valence-corrected chi connectivity index (χ1v) is 7.88. The van der Waals surface area contributed by atoms with Crippen molar-refractivity contribution < 1.29 is 13.2 Å². The molecule has 26 heavy (non-hydrogen) atoms. The zero-order valence-corrected chi connectivity index (χ0v) is 14.0. The molecule has 138 valence electrons. The fourth-order valence-corrected chi connectivity index (χ4v) is 2.44. The molecule has 0 saturated carbocycles. The third-order valence-corrected chi connectivity index (χ3v) is 3.76. The Hall–Kier alpha value is -2.88. The highest BCUT2D eigenvalue weighted by Gasteiger charge is 2.27. The van der Waals surface area contributed by atoms with Gasteiger partial charge in [0.1, 0.15) is 12.4 Å². The zero-order valence-electron chi connectivity index (χ0n) is 14.0. The van der Waals surface area contributed by atoms with Gasteiger partial charge in [0.2, 0.25) is 5.95 Å². The summed E-state index contributed by atoms with van der Waals surface area (Å²) in [7, 11) is 1.66. The van der Waals surface area contributed by atoms with E-state index >= 15 is 0 Å². The first kappa shape index (κ1) is 17.9. The maximum Gasteiger partial charge on any atom is 0.405 e. The molecule has 0 fully saturated rings. The largest absolute Gasteiger partial charge is 0.405 e. The summed E-state index contributed by atoms with van der Waals surface area (Å²) < 4.78 is 39.1. The van der Waals surface area contributed by atoms with Gasteiger partial charge in [-0.3, -0.25) is 4.68 Å². The summed E-state index contributed by atoms with van der Waals surface area (Å²) >= 11 is 0. The summed E-state index contributed by atoms with van der Waals surface area (Å²) in [6, 6.07) is 9.14. The number of hydrogen-bond donors (Lipinski definition) is 3. The van der Waals surface area contributed by atoms with E-state index in [0.717, 1.165) is 5.56 Å². The molecule has 10 heteroatoms. The first-order valence-electron chi connectivity index (χ1n) is 7.88. The Bertz CT molecular complexity index is 877. The lowest BCUT2D eigenvalue weighted by Gasteiger charge is -2.15.